The predicted octanol–water partition coefficient (Wildman–Crippen LogP) is 3.40. The third-order valence-corrected chi connectivity index (χ3v) is 5.08. The number of benzene rings is 1. The van der Waals surface area contributed by atoms with Crippen molar-refractivity contribution in [2.24, 2.45) is 5.92 Å². The van der Waals surface area contributed by atoms with Crippen LogP contribution in [0.5, 0.6) is 0 Å². The van der Waals surface area contributed by atoms with Crippen LogP contribution in [0.25, 0.3) is 10.6 Å². The van der Waals surface area contributed by atoms with Crippen molar-refractivity contribution in [3.8, 4) is 10.6 Å². The molecule has 0 aliphatic carbocycles. The first-order chi connectivity index (χ1) is 11.6. The van der Waals surface area contributed by atoms with Gasteiger partial charge in [0.2, 0.25) is 11.8 Å². The van der Waals surface area contributed by atoms with Gasteiger partial charge in [-0.15, -0.1) is 0 Å². The van der Waals surface area contributed by atoms with E-state index in [1.165, 1.54) is 11.3 Å². The summed E-state index contributed by atoms with van der Waals surface area (Å²) in [6, 6.07) is 9.43. The Kier molecular flexibility index (Phi) is 4.94. The van der Waals surface area contributed by atoms with Crippen LogP contribution in [0.3, 0.4) is 0 Å². The summed E-state index contributed by atoms with van der Waals surface area (Å²) in [7, 11) is 0. The molecule has 0 saturated carbocycles. The zero-order valence-corrected chi connectivity index (χ0v) is 14.7. The highest BCUT2D eigenvalue weighted by Crippen LogP contribution is 2.29. The molecule has 1 aromatic carbocycles. The molecule has 1 fully saturated rings. The van der Waals surface area contributed by atoms with Crippen molar-refractivity contribution in [1.82, 2.24) is 9.88 Å². The molecule has 0 radical (unpaired) electrons. The second kappa shape index (κ2) is 7.13. The Bertz CT molecular complexity index is 727. The number of carbonyl (C=O) groups is 2. The minimum atomic E-state index is -0.428. The van der Waals surface area contributed by atoms with Crippen LogP contribution in [0, 0.1) is 5.92 Å². The normalized spacial score (nSPS) is 15.8. The molecule has 5 nitrogen and oxygen atoms in total. The molecule has 0 bridgehead atoms. The first kappa shape index (κ1) is 16.6. The number of thiazole rings is 1. The van der Waals surface area contributed by atoms with E-state index in [1.54, 1.807) is 11.1 Å². The molecule has 1 saturated heterocycles. The third kappa shape index (κ3) is 3.48. The Morgan fingerprint density at radius 2 is 2.04 bits per heavy atom. The van der Waals surface area contributed by atoms with Gasteiger partial charge in [0, 0.05) is 18.5 Å². The number of nitrogens with one attached hydrogen (secondary N) is 1. The van der Waals surface area contributed by atoms with Crippen LogP contribution in [0.15, 0.2) is 36.5 Å². The Balaban J connectivity index is 1.74. The molecule has 1 unspecified atom stereocenters. The third-order valence-electron chi connectivity index (χ3n) is 4.12. The highest BCUT2D eigenvalue weighted by Gasteiger charge is 2.35. The summed E-state index contributed by atoms with van der Waals surface area (Å²) in [5, 5.41) is 4.50. The SMILES string of the molecule is CC(C)C(C(=O)Nc1cnc(-c2ccccc2)s1)N1CCCC1=O. The van der Waals surface area contributed by atoms with Gasteiger partial charge < -0.3 is 10.2 Å². The summed E-state index contributed by atoms with van der Waals surface area (Å²) in [6.07, 6.45) is 3.04. The summed E-state index contributed by atoms with van der Waals surface area (Å²) in [4.78, 5) is 30.8. The molecule has 2 aromatic rings. The fourth-order valence-electron chi connectivity index (χ4n) is 3.01. The van der Waals surface area contributed by atoms with E-state index in [0.29, 0.717) is 18.0 Å². The van der Waals surface area contributed by atoms with E-state index in [4.69, 9.17) is 0 Å². The lowest BCUT2D eigenvalue weighted by molar-refractivity contribution is -0.136. The molecule has 126 valence electrons. The molecular weight excluding hydrogens is 322 g/mol. The second-order valence-corrected chi connectivity index (χ2v) is 7.30. The van der Waals surface area contributed by atoms with Crippen molar-refractivity contribution in [3.05, 3.63) is 36.5 Å². The number of nitrogens with zero attached hydrogens (tertiary/aromatic N) is 2. The molecule has 1 aromatic heterocycles. The van der Waals surface area contributed by atoms with Crippen molar-refractivity contribution < 1.29 is 9.59 Å². The molecule has 3 rings (SSSR count). The van der Waals surface area contributed by atoms with Crippen LogP contribution in [0.1, 0.15) is 26.7 Å². The molecule has 1 aliphatic heterocycles. The summed E-state index contributed by atoms with van der Waals surface area (Å²) in [5.74, 6) is -0.00444. The van der Waals surface area contributed by atoms with Crippen LogP contribution in [-0.2, 0) is 9.59 Å². The summed E-state index contributed by atoms with van der Waals surface area (Å²) in [5.41, 5.74) is 1.03. The zero-order chi connectivity index (χ0) is 17.1. The Morgan fingerprint density at radius 1 is 1.29 bits per heavy atom. The van der Waals surface area contributed by atoms with E-state index in [-0.39, 0.29) is 17.7 Å². The maximum atomic E-state index is 12.7. The fraction of sp³-hybridized carbons (Fsp3) is 0.389. The van der Waals surface area contributed by atoms with Crippen LogP contribution in [-0.4, -0.2) is 34.3 Å². The first-order valence-electron chi connectivity index (χ1n) is 8.18. The van der Waals surface area contributed by atoms with Gasteiger partial charge in [0.05, 0.1) is 6.20 Å². The second-order valence-electron chi connectivity index (χ2n) is 6.26. The van der Waals surface area contributed by atoms with E-state index in [0.717, 1.165) is 17.0 Å². The minimum Gasteiger partial charge on any atom is -0.330 e. The van der Waals surface area contributed by atoms with Gasteiger partial charge in [0.15, 0.2) is 0 Å². The number of anilines is 1. The number of hydrogen-bond acceptors (Lipinski definition) is 4. The number of carbonyl (C=O) groups excluding carboxylic acids is 2. The lowest BCUT2D eigenvalue weighted by Gasteiger charge is -2.29. The lowest BCUT2D eigenvalue weighted by Crippen LogP contribution is -2.47. The Labute approximate surface area is 145 Å². The predicted molar refractivity (Wildman–Crippen MR) is 95.8 cm³/mol. The van der Waals surface area contributed by atoms with Crippen molar-refractivity contribution in [3.63, 3.8) is 0 Å². The van der Waals surface area contributed by atoms with E-state index >= 15 is 0 Å². The molecular formula is C18H21N3O2S. The zero-order valence-electron chi connectivity index (χ0n) is 13.9. The van der Waals surface area contributed by atoms with Crippen molar-refractivity contribution in [2.45, 2.75) is 32.7 Å². The molecule has 1 aliphatic rings. The van der Waals surface area contributed by atoms with E-state index < -0.39 is 6.04 Å². The molecule has 2 heterocycles. The molecule has 2 amide bonds. The lowest BCUT2D eigenvalue weighted by atomic mass is 10.0. The molecule has 6 heteroatoms. The minimum absolute atomic E-state index is 0.0635. The number of amides is 2. The van der Waals surface area contributed by atoms with Gasteiger partial charge in [0.1, 0.15) is 16.1 Å². The maximum absolute atomic E-state index is 12.7. The number of hydrogen-bond donors (Lipinski definition) is 1. The molecule has 0 spiro atoms. The number of likely N-dealkylation sites (tertiary alicyclic amines) is 1. The van der Waals surface area contributed by atoms with Crippen LogP contribution < -0.4 is 5.32 Å². The highest BCUT2D eigenvalue weighted by atomic mass is 32.1. The Hall–Kier alpha value is -2.21. The van der Waals surface area contributed by atoms with Gasteiger partial charge in [-0.05, 0) is 12.3 Å². The molecule has 1 atom stereocenters. The van der Waals surface area contributed by atoms with Gasteiger partial charge in [-0.3, -0.25) is 9.59 Å². The Morgan fingerprint density at radius 3 is 2.67 bits per heavy atom. The van der Waals surface area contributed by atoms with Crippen molar-refractivity contribution >= 4 is 28.2 Å². The first-order valence-corrected chi connectivity index (χ1v) is 8.99. The van der Waals surface area contributed by atoms with Gasteiger partial charge in [-0.25, -0.2) is 4.98 Å². The van der Waals surface area contributed by atoms with Gasteiger partial charge in [-0.1, -0.05) is 55.5 Å². The van der Waals surface area contributed by atoms with Gasteiger partial charge in [0.25, 0.3) is 0 Å². The topological polar surface area (TPSA) is 62.3 Å². The summed E-state index contributed by atoms with van der Waals surface area (Å²) in [6.45, 7) is 4.60. The highest BCUT2D eigenvalue weighted by molar-refractivity contribution is 7.19. The van der Waals surface area contributed by atoms with E-state index in [1.807, 2.05) is 44.2 Å². The van der Waals surface area contributed by atoms with Gasteiger partial charge in [-0.2, -0.15) is 0 Å². The van der Waals surface area contributed by atoms with Crippen LogP contribution in [0.2, 0.25) is 0 Å². The molecule has 24 heavy (non-hydrogen) atoms. The largest absolute Gasteiger partial charge is 0.330 e. The van der Waals surface area contributed by atoms with E-state index in [2.05, 4.69) is 10.3 Å². The average Bonchev–Trinajstić information content (AvgIpc) is 3.18. The van der Waals surface area contributed by atoms with Crippen molar-refractivity contribution in [2.75, 3.05) is 11.9 Å². The average molecular weight is 343 g/mol. The van der Waals surface area contributed by atoms with Crippen LogP contribution >= 0.6 is 11.3 Å². The number of rotatable bonds is 5. The van der Waals surface area contributed by atoms with Crippen LogP contribution in [0.4, 0.5) is 5.00 Å². The molecule has 1 N–H and O–H groups in total. The standard InChI is InChI=1S/C18H21N3O2S/c1-12(2)16(21-10-6-9-15(21)22)17(23)20-14-11-19-18(24-14)13-7-4-3-5-8-13/h3-5,7-8,11-12,16H,6,9-10H2,1-2H3,(H,20,23). The van der Waals surface area contributed by atoms with Gasteiger partial charge >= 0.3 is 0 Å². The maximum Gasteiger partial charge on any atom is 0.248 e. The van der Waals surface area contributed by atoms with E-state index in [9.17, 15) is 9.59 Å². The number of aromatic nitrogens is 1. The van der Waals surface area contributed by atoms with Crippen molar-refractivity contribution in [1.29, 1.82) is 0 Å². The summed E-state index contributed by atoms with van der Waals surface area (Å²) < 4.78 is 0. The fourth-order valence-corrected chi connectivity index (χ4v) is 3.83. The smallest absolute Gasteiger partial charge is 0.248 e. The summed E-state index contributed by atoms with van der Waals surface area (Å²) >= 11 is 1.44. The quantitative estimate of drug-likeness (QED) is 0.905. The monoisotopic (exact) mass is 343 g/mol.